The Kier molecular flexibility index (Phi) is 3.46. The molecule has 0 aliphatic carbocycles. The number of ether oxygens (including phenoxy) is 4. The van der Waals surface area contributed by atoms with Crippen molar-refractivity contribution in [1.82, 2.24) is 9.55 Å². The normalized spacial score (nSPS) is 38.6. The van der Waals surface area contributed by atoms with Gasteiger partial charge in [-0.25, -0.2) is 4.79 Å². The monoisotopic (exact) mass is 300 g/mol. The van der Waals surface area contributed by atoms with Gasteiger partial charge < -0.3 is 24.1 Å². The molecule has 2 aliphatic rings. The molecule has 2 aliphatic heterocycles. The van der Waals surface area contributed by atoms with Crippen LogP contribution in [-0.4, -0.2) is 52.7 Å². The molecule has 1 aromatic rings. The summed E-state index contributed by atoms with van der Waals surface area (Å²) in [6, 6.07) is 1.21. The number of methoxy groups -OCH3 is 1. The van der Waals surface area contributed by atoms with Crippen molar-refractivity contribution in [2.45, 2.75) is 37.4 Å². The van der Waals surface area contributed by atoms with E-state index in [1.165, 1.54) is 23.9 Å². The lowest BCUT2D eigenvalue weighted by molar-refractivity contribution is -0.336. The Morgan fingerprint density at radius 1 is 1.43 bits per heavy atom. The summed E-state index contributed by atoms with van der Waals surface area (Å²) in [6.07, 6.45) is -1.39. The van der Waals surface area contributed by atoms with Gasteiger partial charge in [0.15, 0.2) is 6.23 Å². The molecule has 2 fully saturated rings. The second-order valence-corrected chi connectivity index (χ2v) is 5.00. The molecule has 9 heteroatoms. The van der Waals surface area contributed by atoms with E-state index in [1.54, 1.807) is 6.92 Å². The molecular formula is C12H16N2O7. The zero-order valence-corrected chi connectivity index (χ0v) is 11.5. The molecular weight excluding hydrogens is 284 g/mol. The topological polar surface area (TPSA) is 112 Å². The predicted molar refractivity (Wildman–Crippen MR) is 67.5 cm³/mol. The lowest BCUT2D eigenvalue weighted by Gasteiger charge is -2.25. The quantitative estimate of drug-likeness (QED) is 0.701. The number of nitrogens with zero attached hydrogens (tertiary/aromatic N) is 1. The highest BCUT2D eigenvalue weighted by Crippen LogP contribution is 2.42. The first-order chi connectivity index (χ1) is 9.97. The van der Waals surface area contributed by atoms with Gasteiger partial charge in [0.05, 0.1) is 6.61 Å². The van der Waals surface area contributed by atoms with E-state index in [2.05, 4.69) is 4.98 Å². The Balaban J connectivity index is 1.96. The summed E-state index contributed by atoms with van der Waals surface area (Å²) in [5.41, 5.74) is -1.13. The van der Waals surface area contributed by atoms with Gasteiger partial charge in [0, 0.05) is 26.3 Å². The average molecular weight is 300 g/mol. The maximum Gasteiger partial charge on any atom is 0.330 e. The second-order valence-electron chi connectivity index (χ2n) is 5.00. The van der Waals surface area contributed by atoms with Crippen LogP contribution in [0, 0.1) is 0 Å². The Labute approximate surface area is 119 Å². The van der Waals surface area contributed by atoms with E-state index in [1.807, 2.05) is 0 Å². The fraction of sp³-hybridized carbons (Fsp3) is 0.667. The van der Waals surface area contributed by atoms with Gasteiger partial charge in [-0.2, -0.15) is 0 Å². The van der Waals surface area contributed by atoms with Crippen molar-refractivity contribution in [2.75, 3.05) is 13.7 Å². The van der Waals surface area contributed by atoms with E-state index < -0.39 is 41.8 Å². The lowest BCUT2D eigenvalue weighted by atomic mass is 10.1. The zero-order chi connectivity index (χ0) is 15.2. The van der Waals surface area contributed by atoms with E-state index in [4.69, 9.17) is 18.9 Å². The van der Waals surface area contributed by atoms with Crippen molar-refractivity contribution in [1.29, 1.82) is 0 Å². The highest BCUT2D eigenvalue weighted by atomic mass is 16.9. The zero-order valence-electron chi connectivity index (χ0n) is 11.5. The number of aromatic nitrogens is 2. The highest BCUT2D eigenvalue weighted by Gasteiger charge is 2.57. The molecule has 0 bridgehead atoms. The first-order valence-corrected chi connectivity index (χ1v) is 6.46. The van der Waals surface area contributed by atoms with Gasteiger partial charge >= 0.3 is 5.69 Å². The van der Waals surface area contributed by atoms with E-state index in [0.29, 0.717) is 0 Å². The molecule has 1 unspecified atom stereocenters. The van der Waals surface area contributed by atoms with E-state index in [0.717, 1.165) is 0 Å². The third-order valence-electron chi connectivity index (χ3n) is 3.66. The number of fused-ring (bicyclic) bond motifs is 1. The molecule has 3 heterocycles. The second kappa shape index (κ2) is 5.04. The molecule has 5 atom stereocenters. The van der Waals surface area contributed by atoms with Crippen molar-refractivity contribution >= 4 is 0 Å². The Morgan fingerprint density at radius 3 is 2.76 bits per heavy atom. The van der Waals surface area contributed by atoms with Crippen LogP contribution in [0.25, 0.3) is 0 Å². The Hall–Kier alpha value is -1.52. The van der Waals surface area contributed by atoms with Crippen molar-refractivity contribution in [3.63, 3.8) is 0 Å². The summed E-state index contributed by atoms with van der Waals surface area (Å²) in [4.78, 5) is 25.2. The fourth-order valence-electron chi connectivity index (χ4n) is 2.59. The SMILES string of the molecule is COC1(C)O[C@@H]2[C@H](O1)[C@@H](CO)O[C@H]2n1ccc(=O)[nH]c1=O. The first kappa shape index (κ1) is 14.4. The summed E-state index contributed by atoms with van der Waals surface area (Å²) in [7, 11) is 1.43. The summed E-state index contributed by atoms with van der Waals surface area (Å²) in [6.45, 7) is 1.30. The number of nitrogens with one attached hydrogen (secondary N) is 1. The molecule has 0 radical (unpaired) electrons. The lowest BCUT2D eigenvalue weighted by Crippen LogP contribution is -2.38. The Bertz CT molecular complexity index is 641. The summed E-state index contributed by atoms with van der Waals surface area (Å²) in [5, 5.41) is 9.39. The maximum absolute atomic E-state index is 11.9. The average Bonchev–Trinajstić information content (AvgIpc) is 2.94. The van der Waals surface area contributed by atoms with Crippen molar-refractivity contribution in [3.05, 3.63) is 33.1 Å². The van der Waals surface area contributed by atoms with Gasteiger partial charge in [-0.3, -0.25) is 14.3 Å². The van der Waals surface area contributed by atoms with Crippen LogP contribution in [0.5, 0.6) is 0 Å². The standard InChI is InChI=1S/C12H16N2O7/c1-12(18-2)20-8-6(5-15)19-10(9(8)21-12)14-4-3-7(16)13-11(14)17/h3-4,6,8-10,15H,5H2,1-2H3,(H,13,16,17)/t6-,8-,9-,10-,12?/m1/s1. The third-order valence-corrected chi connectivity index (χ3v) is 3.66. The van der Waals surface area contributed by atoms with E-state index in [-0.39, 0.29) is 6.61 Å². The molecule has 116 valence electrons. The van der Waals surface area contributed by atoms with Crippen molar-refractivity contribution < 1.29 is 24.1 Å². The number of aromatic amines is 1. The number of aliphatic hydroxyl groups is 1. The predicted octanol–water partition coefficient (Wildman–Crippen LogP) is -1.47. The molecule has 0 aromatic carbocycles. The van der Waals surface area contributed by atoms with E-state index >= 15 is 0 Å². The molecule has 3 rings (SSSR count). The number of rotatable bonds is 3. The maximum atomic E-state index is 11.9. The van der Waals surface area contributed by atoms with Gasteiger partial charge in [0.2, 0.25) is 0 Å². The first-order valence-electron chi connectivity index (χ1n) is 6.46. The molecule has 1 aromatic heterocycles. The summed E-state index contributed by atoms with van der Waals surface area (Å²) < 4.78 is 23.2. The Morgan fingerprint density at radius 2 is 2.14 bits per heavy atom. The number of hydrogen-bond donors (Lipinski definition) is 2. The molecule has 0 amide bonds. The molecule has 21 heavy (non-hydrogen) atoms. The van der Waals surface area contributed by atoms with Crippen LogP contribution in [0.3, 0.4) is 0 Å². The minimum Gasteiger partial charge on any atom is -0.394 e. The van der Waals surface area contributed by atoms with Crippen LogP contribution in [0.2, 0.25) is 0 Å². The molecule has 0 saturated carbocycles. The van der Waals surface area contributed by atoms with Gasteiger partial charge in [-0.1, -0.05) is 0 Å². The van der Waals surface area contributed by atoms with E-state index in [9.17, 15) is 14.7 Å². The number of hydrogen-bond acceptors (Lipinski definition) is 7. The van der Waals surface area contributed by atoms with Crippen molar-refractivity contribution in [2.24, 2.45) is 0 Å². The summed E-state index contributed by atoms with van der Waals surface area (Å²) in [5.74, 6) is -1.27. The van der Waals surface area contributed by atoms with Gasteiger partial charge in [0.1, 0.15) is 18.3 Å². The van der Waals surface area contributed by atoms with Gasteiger partial charge in [-0.15, -0.1) is 0 Å². The molecule has 2 N–H and O–H groups in total. The van der Waals surface area contributed by atoms with Crippen LogP contribution < -0.4 is 11.2 Å². The van der Waals surface area contributed by atoms with Crippen molar-refractivity contribution in [3.8, 4) is 0 Å². The molecule has 9 nitrogen and oxygen atoms in total. The molecule has 0 spiro atoms. The minimum absolute atomic E-state index is 0.293. The number of H-pyrrole nitrogens is 1. The summed E-state index contributed by atoms with van der Waals surface area (Å²) >= 11 is 0. The van der Waals surface area contributed by atoms with Crippen LogP contribution in [0.15, 0.2) is 21.9 Å². The van der Waals surface area contributed by atoms with Crippen LogP contribution >= 0.6 is 0 Å². The van der Waals surface area contributed by atoms with Crippen LogP contribution in [-0.2, 0) is 18.9 Å². The fourth-order valence-corrected chi connectivity index (χ4v) is 2.59. The largest absolute Gasteiger partial charge is 0.394 e. The number of aliphatic hydroxyl groups excluding tert-OH is 1. The van der Waals surface area contributed by atoms with Crippen LogP contribution in [0.1, 0.15) is 13.2 Å². The smallest absolute Gasteiger partial charge is 0.330 e. The highest BCUT2D eigenvalue weighted by molar-refractivity contribution is 4.97. The molecule has 2 saturated heterocycles. The van der Waals surface area contributed by atoms with Gasteiger partial charge in [0.25, 0.3) is 11.5 Å². The third kappa shape index (κ3) is 2.32. The van der Waals surface area contributed by atoms with Gasteiger partial charge in [-0.05, 0) is 0 Å². The minimum atomic E-state index is -1.27. The van der Waals surface area contributed by atoms with Crippen LogP contribution in [0.4, 0.5) is 0 Å².